The van der Waals surface area contributed by atoms with Crippen LogP contribution in [0.2, 0.25) is 0 Å². The minimum absolute atomic E-state index is 0.200. The number of nitrogens with zero attached hydrogens (tertiary/aromatic N) is 4. The summed E-state index contributed by atoms with van der Waals surface area (Å²) in [6.07, 6.45) is 6.24. The van der Waals surface area contributed by atoms with Crippen LogP contribution in [0.4, 0.5) is 0 Å². The molecule has 1 aliphatic rings. The molecule has 0 saturated carbocycles. The van der Waals surface area contributed by atoms with E-state index in [1.807, 2.05) is 36.4 Å². The van der Waals surface area contributed by atoms with Gasteiger partial charge in [-0.05, 0) is 42.5 Å². The number of allylic oxidation sites excluding steroid dienone is 2. The third-order valence-corrected chi connectivity index (χ3v) is 9.76. The lowest BCUT2D eigenvalue weighted by molar-refractivity contribution is 0.587. The van der Waals surface area contributed by atoms with E-state index < -0.39 is 0 Å². The van der Waals surface area contributed by atoms with E-state index in [1.54, 1.807) is 0 Å². The summed E-state index contributed by atoms with van der Waals surface area (Å²) in [7, 11) is 0. The summed E-state index contributed by atoms with van der Waals surface area (Å²) in [5.41, 5.74) is 10.6. The normalized spacial score (nSPS) is 14.4. The lowest BCUT2D eigenvalue weighted by Gasteiger charge is -2.25. The molecule has 236 valence electrons. The van der Waals surface area contributed by atoms with Crippen molar-refractivity contribution in [1.82, 2.24) is 24.4 Å². The first-order valence-electron chi connectivity index (χ1n) is 17.0. The summed E-state index contributed by atoms with van der Waals surface area (Å²) in [5.74, 6) is 0.656. The van der Waals surface area contributed by atoms with Gasteiger partial charge < -0.3 is 14.5 Å². The van der Waals surface area contributed by atoms with E-state index in [0.29, 0.717) is 5.82 Å². The smallest absolute Gasteiger partial charge is 0.176 e. The van der Waals surface area contributed by atoms with E-state index >= 15 is 0 Å². The predicted molar refractivity (Wildman–Crippen MR) is 206 cm³/mol. The SMILES string of the molecule is C1=CC(n2c3ccccc3c3ccc4c5ccccc5n(-c5ccccc5)c4c32)NC(c2nc(-c3ccccc3)cc(-c3ccccc3)n2)=C1. The second-order valence-electron chi connectivity index (χ2n) is 12.7. The molecule has 10 rings (SSSR count). The molecule has 0 aliphatic carbocycles. The molecule has 0 fully saturated rings. The Kier molecular flexibility index (Phi) is 6.49. The van der Waals surface area contributed by atoms with Crippen molar-refractivity contribution in [2.24, 2.45) is 0 Å². The highest BCUT2D eigenvalue weighted by molar-refractivity contribution is 6.23. The van der Waals surface area contributed by atoms with E-state index in [-0.39, 0.29) is 6.17 Å². The van der Waals surface area contributed by atoms with Gasteiger partial charge in [-0.25, -0.2) is 9.97 Å². The molecule has 0 spiro atoms. The van der Waals surface area contributed by atoms with E-state index in [2.05, 4.69) is 154 Å². The maximum Gasteiger partial charge on any atom is 0.176 e. The molecule has 1 atom stereocenters. The minimum atomic E-state index is -0.200. The molecule has 9 aromatic rings. The quantitative estimate of drug-likeness (QED) is 0.203. The molecule has 0 bridgehead atoms. The third kappa shape index (κ3) is 4.48. The first-order valence-corrected chi connectivity index (χ1v) is 17.0. The zero-order chi connectivity index (χ0) is 33.0. The standard InChI is InChI=1S/C45H31N5/c1-4-15-30(16-5-1)38-29-39(31-17-6-2-7-18-31)48-45(47-38)37-23-14-26-42(46-37)50-41-25-13-11-22-34(41)36-28-27-35-33-21-10-12-24-40(33)49(43(35)44(36)50)32-19-8-3-9-20-32/h1-29,42,46H. The second kappa shape index (κ2) is 11.5. The third-order valence-electron chi connectivity index (χ3n) is 9.76. The van der Waals surface area contributed by atoms with Gasteiger partial charge in [-0.15, -0.1) is 0 Å². The Balaban J connectivity index is 1.19. The zero-order valence-corrected chi connectivity index (χ0v) is 27.1. The Labute approximate surface area is 289 Å². The summed E-state index contributed by atoms with van der Waals surface area (Å²) < 4.78 is 4.87. The van der Waals surface area contributed by atoms with Crippen LogP contribution in [0.1, 0.15) is 12.0 Å². The van der Waals surface area contributed by atoms with Crippen molar-refractivity contribution in [2.75, 3.05) is 0 Å². The van der Waals surface area contributed by atoms with Crippen LogP contribution < -0.4 is 5.32 Å². The fourth-order valence-corrected chi connectivity index (χ4v) is 7.55. The largest absolute Gasteiger partial charge is 0.359 e. The Morgan fingerprint density at radius 3 is 1.70 bits per heavy atom. The van der Waals surface area contributed by atoms with Crippen LogP contribution in [-0.2, 0) is 0 Å². The Morgan fingerprint density at radius 2 is 1.04 bits per heavy atom. The number of aromatic nitrogens is 4. The van der Waals surface area contributed by atoms with Crippen LogP contribution in [0.3, 0.4) is 0 Å². The summed E-state index contributed by atoms with van der Waals surface area (Å²) in [5, 5.41) is 8.77. The molecule has 1 unspecified atom stereocenters. The average molecular weight is 642 g/mol. The van der Waals surface area contributed by atoms with Gasteiger partial charge in [0.1, 0.15) is 6.17 Å². The van der Waals surface area contributed by atoms with Crippen LogP contribution in [-0.4, -0.2) is 19.1 Å². The van der Waals surface area contributed by atoms with E-state index in [1.165, 1.54) is 38.1 Å². The zero-order valence-electron chi connectivity index (χ0n) is 27.1. The maximum absolute atomic E-state index is 5.14. The molecule has 3 aromatic heterocycles. The molecule has 1 N–H and O–H groups in total. The Hall–Kier alpha value is -6.72. The van der Waals surface area contributed by atoms with Gasteiger partial charge in [0.15, 0.2) is 5.82 Å². The lowest BCUT2D eigenvalue weighted by atomic mass is 10.1. The van der Waals surface area contributed by atoms with E-state index in [4.69, 9.17) is 9.97 Å². The topological polar surface area (TPSA) is 47.7 Å². The number of dihydropyridines is 1. The van der Waals surface area contributed by atoms with Crippen molar-refractivity contribution in [3.8, 4) is 28.2 Å². The number of fused-ring (bicyclic) bond motifs is 7. The lowest BCUT2D eigenvalue weighted by Crippen LogP contribution is -2.26. The average Bonchev–Trinajstić information content (AvgIpc) is 3.72. The van der Waals surface area contributed by atoms with Gasteiger partial charge in [0.25, 0.3) is 0 Å². The maximum atomic E-state index is 5.14. The Morgan fingerprint density at radius 1 is 0.500 bits per heavy atom. The molecule has 4 heterocycles. The minimum Gasteiger partial charge on any atom is -0.359 e. The van der Waals surface area contributed by atoms with Gasteiger partial charge >= 0.3 is 0 Å². The molecule has 0 saturated heterocycles. The van der Waals surface area contributed by atoms with E-state index in [9.17, 15) is 0 Å². The van der Waals surface area contributed by atoms with Crippen molar-refractivity contribution < 1.29 is 0 Å². The molecular formula is C45H31N5. The number of rotatable bonds is 5. The number of para-hydroxylation sites is 3. The molecule has 6 aromatic carbocycles. The van der Waals surface area contributed by atoms with Crippen molar-refractivity contribution in [3.63, 3.8) is 0 Å². The van der Waals surface area contributed by atoms with Crippen LogP contribution in [0, 0.1) is 0 Å². The first-order chi connectivity index (χ1) is 24.8. The van der Waals surface area contributed by atoms with Crippen LogP contribution in [0.25, 0.3) is 77.5 Å². The molecular weight excluding hydrogens is 611 g/mol. The number of nitrogens with one attached hydrogen (secondary N) is 1. The molecule has 1 aliphatic heterocycles. The fourth-order valence-electron chi connectivity index (χ4n) is 7.55. The van der Waals surface area contributed by atoms with Gasteiger partial charge in [-0.3, -0.25) is 0 Å². The summed E-state index contributed by atoms with van der Waals surface area (Å²) in [4.78, 5) is 10.3. The monoisotopic (exact) mass is 641 g/mol. The van der Waals surface area contributed by atoms with Crippen LogP contribution in [0.5, 0.6) is 0 Å². The van der Waals surface area contributed by atoms with Crippen LogP contribution >= 0.6 is 0 Å². The molecule has 5 nitrogen and oxygen atoms in total. The first kappa shape index (κ1) is 28.3. The van der Waals surface area contributed by atoms with Gasteiger partial charge in [0, 0.05) is 38.4 Å². The summed E-state index contributed by atoms with van der Waals surface area (Å²) >= 11 is 0. The fraction of sp³-hybridized carbons (Fsp3) is 0.0222. The van der Waals surface area contributed by atoms with E-state index in [0.717, 1.165) is 39.4 Å². The number of benzene rings is 6. The van der Waals surface area contributed by atoms with Crippen molar-refractivity contribution >= 4 is 49.3 Å². The van der Waals surface area contributed by atoms with Gasteiger partial charge in [-0.1, -0.05) is 133 Å². The molecule has 50 heavy (non-hydrogen) atoms. The molecule has 0 amide bonds. The van der Waals surface area contributed by atoms with Crippen molar-refractivity contribution in [2.45, 2.75) is 6.17 Å². The highest BCUT2D eigenvalue weighted by atomic mass is 15.2. The predicted octanol–water partition coefficient (Wildman–Crippen LogP) is 10.7. The highest BCUT2D eigenvalue weighted by Gasteiger charge is 2.25. The summed E-state index contributed by atoms with van der Waals surface area (Å²) in [6.45, 7) is 0. The van der Waals surface area contributed by atoms with Gasteiger partial charge in [0.05, 0.1) is 39.2 Å². The van der Waals surface area contributed by atoms with Crippen LogP contribution in [0.15, 0.2) is 176 Å². The number of hydrogen-bond donors (Lipinski definition) is 1. The summed E-state index contributed by atoms with van der Waals surface area (Å²) in [6, 6.07) is 55.4. The van der Waals surface area contributed by atoms with Gasteiger partial charge in [0.2, 0.25) is 0 Å². The highest BCUT2D eigenvalue weighted by Crippen LogP contribution is 2.42. The van der Waals surface area contributed by atoms with Gasteiger partial charge in [-0.2, -0.15) is 0 Å². The second-order valence-corrected chi connectivity index (χ2v) is 12.7. The molecule has 0 radical (unpaired) electrons. The van der Waals surface area contributed by atoms with Crippen molar-refractivity contribution in [1.29, 1.82) is 0 Å². The molecule has 5 heteroatoms. The number of hydrogen-bond acceptors (Lipinski definition) is 3. The Bertz CT molecular complexity index is 2720. The van der Waals surface area contributed by atoms with Crippen molar-refractivity contribution in [3.05, 3.63) is 182 Å².